The number of nitrogens with one attached hydrogen (secondary N) is 2. The minimum atomic E-state index is -0.549. The largest absolute Gasteiger partial charge is 0.325 e. The Kier molecular flexibility index (Phi) is 7.57. The number of carbonyl (C=O) groups excluding carboxylic acids is 3. The van der Waals surface area contributed by atoms with Gasteiger partial charge >= 0.3 is 0 Å². The highest BCUT2D eigenvalue weighted by Gasteiger charge is 2.20. The Balaban J connectivity index is 1.90. The standard InChI is InChI=1S/C20H21Cl2N3O3/c1-12(20(28)24-15-6-4-14(5-7-15)13(2)26)25(3)11-19(27)23-16-8-9-17(21)18(22)10-16/h4-10,12H,11H2,1-3H3,(H,23,27)(H,24,28). The second-order valence-corrected chi connectivity index (χ2v) is 7.21. The van der Waals surface area contributed by atoms with E-state index in [4.69, 9.17) is 23.2 Å². The van der Waals surface area contributed by atoms with Crippen LogP contribution in [0.15, 0.2) is 42.5 Å². The van der Waals surface area contributed by atoms with Gasteiger partial charge in [0.2, 0.25) is 11.8 Å². The lowest BCUT2D eigenvalue weighted by molar-refractivity contribution is -0.122. The van der Waals surface area contributed by atoms with Crippen molar-refractivity contribution in [3.8, 4) is 0 Å². The Morgan fingerprint density at radius 2 is 1.57 bits per heavy atom. The quantitative estimate of drug-likeness (QED) is 0.659. The Hall–Kier alpha value is -2.41. The second kappa shape index (κ2) is 9.68. The van der Waals surface area contributed by atoms with Crippen LogP contribution < -0.4 is 10.6 Å². The SMILES string of the molecule is CC(=O)c1ccc(NC(=O)C(C)N(C)CC(=O)Nc2ccc(Cl)c(Cl)c2)cc1. The van der Waals surface area contributed by atoms with Crippen molar-refractivity contribution >= 4 is 52.2 Å². The molecule has 0 heterocycles. The number of halogens is 2. The molecular weight excluding hydrogens is 401 g/mol. The number of likely N-dealkylation sites (N-methyl/N-ethyl adjacent to an activating group) is 1. The number of hydrogen-bond acceptors (Lipinski definition) is 4. The molecule has 0 bridgehead atoms. The number of amides is 2. The molecule has 2 rings (SSSR count). The van der Waals surface area contributed by atoms with E-state index in [1.807, 2.05) is 0 Å². The van der Waals surface area contributed by atoms with Gasteiger partial charge in [-0.25, -0.2) is 0 Å². The van der Waals surface area contributed by atoms with Crippen LogP contribution in [-0.4, -0.2) is 42.1 Å². The third kappa shape index (κ3) is 6.05. The molecular formula is C20H21Cl2N3O3. The van der Waals surface area contributed by atoms with Gasteiger partial charge < -0.3 is 10.6 Å². The fraction of sp³-hybridized carbons (Fsp3) is 0.250. The molecule has 0 saturated carbocycles. The zero-order chi connectivity index (χ0) is 20.8. The fourth-order valence-electron chi connectivity index (χ4n) is 2.37. The smallest absolute Gasteiger partial charge is 0.241 e. The van der Waals surface area contributed by atoms with Crippen LogP contribution in [0.5, 0.6) is 0 Å². The average Bonchev–Trinajstić information content (AvgIpc) is 2.64. The number of Topliss-reactive ketones (excluding diaryl/α,β-unsaturated/α-hetero) is 1. The molecule has 0 aliphatic carbocycles. The molecule has 0 saturated heterocycles. The third-order valence-corrected chi connectivity index (χ3v) is 4.93. The van der Waals surface area contributed by atoms with Crippen LogP contribution in [0.4, 0.5) is 11.4 Å². The van der Waals surface area contributed by atoms with E-state index >= 15 is 0 Å². The molecule has 6 nitrogen and oxygen atoms in total. The number of anilines is 2. The van der Waals surface area contributed by atoms with Crippen LogP contribution in [0.25, 0.3) is 0 Å². The predicted octanol–water partition coefficient (Wildman–Crippen LogP) is 4.09. The van der Waals surface area contributed by atoms with Crippen LogP contribution in [0, 0.1) is 0 Å². The van der Waals surface area contributed by atoms with Gasteiger partial charge in [-0.05, 0) is 63.4 Å². The van der Waals surface area contributed by atoms with Crippen molar-refractivity contribution in [2.45, 2.75) is 19.9 Å². The molecule has 0 fully saturated rings. The van der Waals surface area contributed by atoms with Gasteiger partial charge in [0.25, 0.3) is 0 Å². The number of benzene rings is 2. The average molecular weight is 422 g/mol. The van der Waals surface area contributed by atoms with E-state index in [-0.39, 0.29) is 24.1 Å². The van der Waals surface area contributed by atoms with Gasteiger partial charge in [0.05, 0.1) is 22.6 Å². The van der Waals surface area contributed by atoms with E-state index in [1.54, 1.807) is 61.3 Å². The first-order valence-electron chi connectivity index (χ1n) is 8.54. The van der Waals surface area contributed by atoms with E-state index in [1.165, 1.54) is 6.92 Å². The fourth-order valence-corrected chi connectivity index (χ4v) is 2.67. The van der Waals surface area contributed by atoms with Crippen LogP contribution >= 0.6 is 23.2 Å². The maximum absolute atomic E-state index is 12.4. The van der Waals surface area contributed by atoms with Crippen LogP contribution in [0.3, 0.4) is 0 Å². The summed E-state index contributed by atoms with van der Waals surface area (Å²) < 4.78 is 0. The second-order valence-electron chi connectivity index (χ2n) is 6.39. The number of ketones is 1. The Morgan fingerprint density at radius 3 is 2.14 bits per heavy atom. The highest BCUT2D eigenvalue weighted by molar-refractivity contribution is 6.42. The van der Waals surface area contributed by atoms with Crippen LogP contribution in [-0.2, 0) is 9.59 Å². The summed E-state index contributed by atoms with van der Waals surface area (Å²) in [4.78, 5) is 37.5. The molecule has 8 heteroatoms. The lowest BCUT2D eigenvalue weighted by atomic mass is 10.1. The summed E-state index contributed by atoms with van der Waals surface area (Å²) >= 11 is 11.8. The first-order valence-corrected chi connectivity index (χ1v) is 9.30. The zero-order valence-corrected chi connectivity index (χ0v) is 17.3. The van der Waals surface area contributed by atoms with Gasteiger partial charge in [-0.1, -0.05) is 23.2 Å². The minimum absolute atomic E-state index is 0.0120. The number of nitrogens with zero attached hydrogens (tertiary/aromatic N) is 1. The number of carbonyl (C=O) groups is 3. The Bertz CT molecular complexity index is 885. The Labute approximate surface area is 173 Å². The van der Waals surface area contributed by atoms with Crippen molar-refractivity contribution in [1.82, 2.24) is 4.90 Å². The van der Waals surface area contributed by atoms with Crippen LogP contribution in [0.1, 0.15) is 24.2 Å². The van der Waals surface area contributed by atoms with Gasteiger partial charge in [0.15, 0.2) is 5.78 Å². The van der Waals surface area contributed by atoms with Crippen LogP contribution in [0.2, 0.25) is 10.0 Å². The summed E-state index contributed by atoms with van der Waals surface area (Å²) in [5, 5.41) is 6.23. The minimum Gasteiger partial charge on any atom is -0.325 e. The van der Waals surface area contributed by atoms with Gasteiger partial charge in [0, 0.05) is 16.9 Å². The van der Waals surface area contributed by atoms with E-state index in [9.17, 15) is 14.4 Å². The van der Waals surface area contributed by atoms with Crippen molar-refractivity contribution in [1.29, 1.82) is 0 Å². The molecule has 1 unspecified atom stereocenters. The number of rotatable bonds is 7. The van der Waals surface area contributed by atoms with Crippen molar-refractivity contribution in [2.24, 2.45) is 0 Å². The molecule has 0 spiro atoms. The highest BCUT2D eigenvalue weighted by Crippen LogP contribution is 2.25. The van der Waals surface area contributed by atoms with Gasteiger partial charge in [-0.3, -0.25) is 19.3 Å². The molecule has 148 valence electrons. The summed E-state index contributed by atoms with van der Waals surface area (Å²) in [7, 11) is 1.68. The molecule has 2 amide bonds. The molecule has 2 aromatic carbocycles. The van der Waals surface area contributed by atoms with E-state index < -0.39 is 6.04 Å². The topological polar surface area (TPSA) is 78.5 Å². The summed E-state index contributed by atoms with van der Waals surface area (Å²) in [6, 6.07) is 10.9. The van der Waals surface area contributed by atoms with Crippen molar-refractivity contribution in [3.05, 3.63) is 58.1 Å². The van der Waals surface area contributed by atoms with Crippen molar-refractivity contribution in [2.75, 3.05) is 24.2 Å². The molecule has 2 aromatic rings. The van der Waals surface area contributed by atoms with Gasteiger partial charge in [-0.2, -0.15) is 0 Å². The molecule has 28 heavy (non-hydrogen) atoms. The normalized spacial score (nSPS) is 11.8. The van der Waals surface area contributed by atoms with Crippen molar-refractivity contribution in [3.63, 3.8) is 0 Å². The molecule has 2 N–H and O–H groups in total. The molecule has 1 atom stereocenters. The lowest BCUT2D eigenvalue weighted by Gasteiger charge is -2.23. The third-order valence-electron chi connectivity index (χ3n) is 4.20. The van der Waals surface area contributed by atoms with Gasteiger partial charge in [0.1, 0.15) is 0 Å². The monoisotopic (exact) mass is 421 g/mol. The number of hydrogen-bond donors (Lipinski definition) is 2. The first-order chi connectivity index (χ1) is 13.2. The van der Waals surface area contributed by atoms with E-state index in [0.717, 1.165) is 0 Å². The van der Waals surface area contributed by atoms with Crippen molar-refractivity contribution < 1.29 is 14.4 Å². The summed E-state index contributed by atoms with van der Waals surface area (Å²) in [5.41, 5.74) is 1.67. The maximum atomic E-state index is 12.4. The first kappa shape index (κ1) is 21.9. The Morgan fingerprint density at radius 1 is 0.964 bits per heavy atom. The molecule has 0 radical (unpaired) electrons. The molecule has 0 aliphatic rings. The summed E-state index contributed by atoms with van der Waals surface area (Å²) in [6.45, 7) is 3.19. The predicted molar refractivity (Wildman–Crippen MR) is 112 cm³/mol. The highest BCUT2D eigenvalue weighted by atomic mass is 35.5. The lowest BCUT2D eigenvalue weighted by Crippen LogP contribution is -2.43. The van der Waals surface area contributed by atoms with E-state index in [2.05, 4.69) is 10.6 Å². The maximum Gasteiger partial charge on any atom is 0.241 e. The molecule has 0 aliphatic heterocycles. The van der Waals surface area contributed by atoms with Gasteiger partial charge in [-0.15, -0.1) is 0 Å². The zero-order valence-electron chi connectivity index (χ0n) is 15.8. The summed E-state index contributed by atoms with van der Waals surface area (Å²) in [6.07, 6.45) is 0. The molecule has 0 aromatic heterocycles. The van der Waals surface area contributed by atoms with E-state index in [0.29, 0.717) is 27.0 Å². The summed E-state index contributed by atoms with van der Waals surface area (Å²) in [5.74, 6) is -0.592.